The molecule has 5 rings (SSSR count). The van der Waals surface area contributed by atoms with Crippen LogP contribution in [-0.2, 0) is 13.0 Å². The standard InChI is InChI=1S/C17H16ClN9S/c1-8-7-28-13-12(8)23-15(18)24-14(13)27-16(19)25-17(26-27)22-10-4-9-5-20-3-2-11(9)21-6-10/h4,6-7,20H,2-3,5H2,1H3,(H3,19,22,25,26). The number of anilines is 3. The monoisotopic (exact) mass is 413 g/mol. The fourth-order valence-corrected chi connectivity index (χ4v) is 4.34. The molecule has 0 spiro atoms. The summed E-state index contributed by atoms with van der Waals surface area (Å²) in [6.45, 7) is 3.73. The third kappa shape index (κ3) is 2.95. The average molecular weight is 414 g/mol. The molecule has 4 N–H and O–H groups in total. The van der Waals surface area contributed by atoms with E-state index in [1.54, 1.807) is 6.20 Å². The van der Waals surface area contributed by atoms with Gasteiger partial charge in [0, 0.05) is 25.2 Å². The number of nitrogens with one attached hydrogen (secondary N) is 2. The predicted octanol–water partition coefficient (Wildman–Crippen LogP) is 2.60. The molecule has 0 unspecified atom stereocenters. The van der Waals surface area contributed by atoms with Gasteiger partial charge in [-0.3, -0.25) is 4.98 Å². The van der Waals surface area contributed by atoms with Crippen molar-refractivity contribution < 1.29 is 0 Å². The largest absolute Gasteiger partial charge is 0.368 e. The molecule has 4 aromatic rings. The number of aryl methyl sites for hydroxylation is 1. The predicted molar refractivity (Wildman–Crippen MR) is 109 cm³/mol. The van der Waals surface area contributed by atoms with Crippen LogP contribution in [0.5, 0.6) is 0 Å². The summed E-state index contributed by atoms with van der Waals surface area (Å²) in [5.41, 5.74) is 11.0. The number of halogens is 1. The van der Waals surface area contributed by atoms with E-state index in [1.165, 1.54) is 21.6 Å². The van der Waals surface area contributed by atoms with Gasteiger partial charge in [-0.05, 0) is 41.1 Å². The molecule has 11 heteroatoms. The number of nitrogen functional groups attached to an aromatic ring is 1. The van der Waals surface area contributed by atoms with Gasteiger partial charge in [0.25, 0.3) is 0 Å². The zero-order valence-corrected chi connectivity index (χ0v) is 16.5. The number of rotatable bonds is 3. The highest BCUT2D eigenvalue weighted by molar-refractivity contribution is 7.17. The minimum atomic E-state index is 0.139. The first-order chi connectivity index (χ1) is 13.6. The number of thiophene rings is 1. The van der Waals surface area contributed by atoms with E-state index >= 15 is 0 Å². The van der Waals surface area contributed by atoms with Crippen LogP contribution in [0.25, 0.3) is 16.0 Å². The molecule has 0 radical (unpaired) electrons. The second kappa shape index (κ2) is 6.66. The molecular weight excluding hydrogens is 398 g/mol. The zero-order valence-electron chi connectivity index (χ0n) is 14.9. The Morgan fingerprint density at radius 1 is 1.32 bits per heavy atom. The molecule has 0 bridgehead atoms. The third-order valence-electron chi connectivity index (χ3n) is 4.55. The van der Waals surface area contributed by atoms with Crippen LogP contribution < -0.4 is 16.4 Å². The maximum atomic E-state index is 6.11. The first-order valence-corrected chi connectivity index (χ1v) is 9.94. The summed E-state index contributed by atoms with van der Waals surface area (Å²) >= 11 is 7.63. The van der Waals surface area contributed by atoms with Crippen LogP contribution in [-0.4, -0.2) is 36.3 Å². The molecule has 0 saturated heterocycles. The first-order valence-electron chi connectivity index (χ1n) is 8.68. The topological polar surface area (TPSA) is 119 Å². The van der Waals surface area contributed by atoms with Crippen molar-refractivity contribution in [1.29, 1.82) is 0 Å². The van der Waals surface area contributed by atoms with E-state index in [0.717, 1.165) is 46.7 Å². The van der Waals surface area contributed by atoms with E-state index < -0.39 is 0 Å². The van der Waals surface area contributed by atoms with Crippen LogP contribution in [0.4, 0.5) is 17.6 Å². The number of hydrogen-bond acceptors (Lipinski definition) is 9. The minimum absolute atomic E-state index is 0.139. The molecule has 28 heavy (non-hydrogen) atoms. The molecular formula is C17H16ClN9S. The van der Waals surface area contributed by atoms with Gasteiger partial charge in [-0.15, -0.1) is 16.4 Å². The number of pyridine rings is 1. The Morgan fingerprint density at radius 3 is 3.11 bits per heavy atom. The number of fused-ring (bicyclic) bond motifs is 2. The third-order valence-corrected chi connectivity index (χ3v) is 5.80. The number of nitrogens with zero attached hydrogens (tertiary/aromatic N) is 6. The van der Waals surface area contributed by atoms with E-state index in [1.807, 2.05) is 18.4 Å². The van der Waals surface area contributed by atoms with E-state index in [9.17, 15) is 0 Å². The summed E-state index contributed by atoms with van der Waals surface area (Å²) < 4.78 is 2.33. The van der Waals surface area contributed by atoms with Gasteiger partial charge in [0.2, 0.25) is 17.2 Å². The highest BCUT2D eigenvalue weighted by Gasteiger charge is 2.18. The van der Waals surface area contributed by atoms with Gasteiger partial charge < -0.3 is 16.4 Å². The van der Waals surface area contributed by atoms with Gasteiger partial charge in [0.1, 0.15) is 0 Å². The lowest BCUT2D eigenvalue weighted by Gasteiger charge is -2.16. The highest BCUT2D eigenvalue weighted by Crippen LogP contribution is 2.30. The lowest BCUT2D eigenvalue weighted by molar-refractivity contribution is 0.630. The number of nitrogens with two attached hydrogens (primary N) is 1. The van der Waals surface area contributed by atoms with Crippen LogP contribution >= 0.6 is 22.9 Å². The Morgan fingerprint density at radius 2 is 2.21 bits per heavy atom. The zero-order chi connectivity index (χ0) is 19.3. The average Bonchev–Trinajstić information content (AvgIpc) is 3.24. The normalized spacial score (nSPS) is 13.6. The smallest absolute Gasteiger partial charge is 0.248 e. The molecule has 0 fully saturated rings. The lowest BCUT2D eigenvalue weighted by atomic mass is 10.1. The van der Waals surface area contributed by atoms with Crippen molar-refractivity contribution in [2.45, 2.75) is 19.9 Å². The summed E-state index contributed by atoms with van der Waals surface area (Å²) in [6, 6.07) is 2.05. The fourth-order valence-electron chi connectivity index (χ4n) is 3.21. The molecule has 5 heterocycles. The van der Waals surface area contributed by atoms with Gasteiger partial charge in [-0.1, -0.05) is 0 Å². The fraction of sp³-hybridized carbons (Fsp3) is 0.235. The molecule has 0 aliphatic carbocycles. The Hall–Kier alpha value is -2.82. The summed E-state index contributed by atoms with van der Waals surface area (Å²) in [5.74, 6) is 1.08. The van der Waals surface area contributed by atoms with E-state index in [4.69, 9.17) is 17.3 Å². The van der Waals surface area contributed by atoms with Gasteiger partial charge in [-0.2, -0.15) is 14.6 Å². The van der Waals surface area contributed by atoms with Gasteiger partial charge in [0.05, 0.1) is 22.1 Å². The molecule has 4 aromatic heterocycles. The van der Waals surface area contributed by atoms with Crippen LogP contribution in [0.3, 0.4) is 0 Å². The van der Waals surface area contributed by atoms with Crippen LogP contribution in [0, 0.1) is 6.92 Å². The molecule has 1 aliphatic heterocycles. The summed E-state index contributed by atoms with van der Waals surface area (Å²) in [7, 11) is 0. The van der Waals surface area contributed by atoms with Crippen molar-refractivity contribution in [3.8, 4) is 5.82 Å². The number of aromatic nitrogens is 6. The first kappa shape index (κ1) is 17.3. The second-order valence-electron chi connectivity index (χ2n) is 6.50. The summed E-state index contributed by atoms with van der Waals surface area (Å²) in [4.78, 5) is 17.5. The second-order valence-corrected chi connectivity index (χ2v) is 7.72. The number of hydrogen-bond donors (Lipinski definition) is 3. The van der Waals surface area contributed by atoms with E-state index in [2.05, 4.69) is 35.7 Å². The Bertz CT molecular complexity index is 1200. The van der Waals surface area contributed by atoms with Crippen LogP contribution in [0.2, 0.25) is 5.28 Å². The quantitative estimate of drug-likeness (QED) is 0.438. The van der Waals surface area contributed by atoms with Crippen molar-refractivity contribution >= 4 is 50.7 Å². The molecule has 0 aromatic carbocycles. The van der Waals surface area contributed by atoms with Gasteiger partial charge in [-0.25, -0.2) is 4.98 Å². The molecule has 0 amide bonds. The SMILES string of the molecule is Cc1csc2c(-n3nc(Nc4cnc5c(c4)CNCC5)nc3N)nc(Cl)nc12. The van der Waals surface area contributed by atoms with E-state index in [0.29, 0.717) is 11.8 Å². The molecule has 0 saturated carbocycles. The Balaban J connectivity index is 1.52. The van der Waals surface area contributed by atoms with E-state index in [-0.39, 0.29) is 11.2 Å². The Labute approximate surface area is 169 Å². The van der Waals surface area contributed by atoms with Gasteiger partial charge >= 0.3 is 0 Å². The maximum absolute atomic E-state index is 6.11. The maximum Gasteiger partial charge on any atom is 0.248 e. The Kier molecular flexibility index (Phi) is 4.11. The summed E-state index contributed by atoms with van der Waals surface area (Å²) in [6.07, 6.45) is 2.71. The van der Waals surface area contributed by atoms with Crippen molar-refractivity contribution in [2.75, 3.05) is 17.6 Å². The lowest BCUT2D eigenvalue weighted by Crippen LogP contribution is -2.24. The van der Waals surface area contributed by atoms with Crippen LogP contribution in [0.15, 0.2) is 17.6 Å². The summed E-state index contributed by atoms with van der Waals surface area (Å²) in [5, 5.41) is 13.1. The molecule has 0 atom stereocenters. The molecule has 142 valence electrons. The van der Waals surface area contributed by atoms with Crippen molar-refractivity contribution in [3.05, 3.63) is 39.7 Å². The van der Waals surface area contributed by atoms with Crippen LogP contribution in [0.1, 0.15) is 16.8 Å². The van der Waals surface area contributed by atoms with Crippen molar-refractivity contribution in [2.24, 2.45) is 0 Å². The molecule has 9 nitrogen and oxygen atoms in total. The van der Waals surface area contributed by atoms with Gasteiger partial charge in [0.15, 0.2) is 5.82 Å². The van der Waals surface area contributed by atoms with Crippen molar-refractivity contribution in [3.63, 3.8) is 0 Å². The minimum Gasteiger partial charge on any atom is -0.368 e. The molecule has 1 aliphatic rings. The highest BCUT2D eigenvalue weighted by atomic mass is 35.5. The van der Waals surface area contributed by atoms with Crippen molar-refractivity contribution in [1.82, 2.24) is 35.0 Å².